The van der Waals surface area contributed by atoms with Gasteiger partial charge in [0.2, 0.25) is 0 Å². The number of aromatic nitrogens is 4. The van der Waals surface area contributed by atoms with Crippen molar-refractivity contribution < 1.29 is 18.9 Å². The van der Waals surface area contributed by atoms with Crippen LogP contribution in [0.5, 0.6) is 0 Å². The second-order valence-electron chi connectivity index (χ2n) is 30.0. The molecule has 18 aromatic carbocycles. The molecule has 12 heteroatoms. The lowest BCUT2D eigenvalue weighted by Gasteiger charge is -2.11. The Hall–Kier alpha value is -13.8. The summed E-state index contributed by atoms with van der Waals surface area (Å²) < 4.78 is 28.6. The Bertz CT molecular complexity index is 8640. The van der Waals surface area contributed by atoms with Gasteiger partial charge in [0.05, 0.1) is 48.6 Å². The molecule has 26 rings (SSSR count). The van der Waals surface area contributed by atoms with Crippen molar-refractivity contribution in [1.82, 2.24) is 18.3 Å². The first-order valence-electron chi connectivity index (χ1n) is 38.9. The fraction of sp³-hybridized carbons (Fsp3) is 0. The van der Waals surface area contributed by atoms with E-state index in [2.05, 4.69) is 356 Å². The predicted molar refractivity (Wildman–Crippen MR) is 495 cm³/mol. The molecule has 0 amide bonds. The lowest BCUT2D eigenvalue weighted by Crippen LogP contribution is -2.29. The van der Waals surface area contributed by atoms with E-state index in [1.807, 2.05) is 47.7 Å². The van der Waals surface area contributed by atoms with Gasteiger partial charge >= 0.3 is 7.12 Å². The van der Waals surface area contributed by atoms with Crippen LogP contribution in [0.4, 0.5) is 0 Å². The minimum atomic E-state index is -1.41. The number of hydrogen-bond acceptors (Lipinski definition) is 6. The van der Waals surface area contributed by atoms with Gasteiger partial charge in [0, 0.05) is 133 Å². The zero-order valence-corrected chi connectivity index (χ0v) is 65.1. The number of hydrogen-bond donors (Lipinski definition) is 2. The van der Waals surface area contributed by atoms with Crippen LogP contribution in [0.3, 0.4) is 0 Å². The predicted octanol–water partition coefficient (Wildman–Crippen LogP) is 28.4. The molecule has 0 bridgehead atoms. The number of fused-ring (bicyclic) bond motifs is 28. The monoisotopic (exact) mass is 1580 g/mol. The maximum Gasteiger partial charge on any atom is 0.489 e. The molecule has 0 unspecified atom stereocenters. The van der Waals surface area contributed by atoms with Crippen LogP contribution in [0.15, 0.2) is 377 Å². The van der Waals surface area contributed by atoms with Gasteiger partial charge in [-0.25, -0.2) is 0 Å². The van der Waals surface area contributed by atoms with Crippen LogP contribution in [0, 0.1) is 0 Å². The van der Waals surface area contributed by atoms with Crippen molar-refractivity contribution in [3.05, 3.63) is 368 Å². The fourth-order valence-electron chi connectivity index (χ4n) is 18.7. The number of thiophene rings is 2. The fourth-order valence-corrected chi connectivity index (χ4v) is 21.6. The van der Waals surface area contributed by atoms with Gasteiger partial charge in [-0.3, -0.25) is 0 Å². The van der Waals surface area contributed by atoms with Crippen LogP contribution >= 0.6 is 38.6 Å². The molecule has 8 aromatic heterocycles. The van der Waals surface area contributed by atoms with E-state index >= 15 is 0 Å². The van der Waals surface area contributed by atoms with Crippen LogP contribution in [0.1, 0.15) is 0 Å². The third-order valence-electron chi connectivity index (χ3n) is 23.8. The molecule has 26 aromatic rings. The van der Waals surface area contributed by atoms with E-state index in [4.69, 9.17) is 8.83 Å². The first-order valence-corrected chi connectivity index (χ1v) is 41.4. The highest BCUT2D eigenvalue weighted by Gasteiger charge is 2.26. The summed E-state index contributed by atoms with van der Waals surface area (Å²) in [6.45, 7) is 0. The summed E-state index contributed by atoms with van der Waals surface area (Å²) in [4.78, 5) is 0. The van der Waals surface area contributed by atoms with Crippen LogP contribution in [0.25, 0.3) is 227 Å². The molecular weight excluding hydrogens is 1520 g/mol. The number of rotatable bonds is 6. The molecule has 0 saturated heterocycles. The van der Waals surface area contributed by atoms with Gasteiger partial charge in [0.15, 0.2) is 0 Å². The Morgan fingerprint density at radius 3 is 1.18 bits per heavy atom. The molecular formula is C104H62BBrN4O4S2. The summed E-state index contributed by atoms with van der Waals surface area (Å²) in [7, 11) is -1.41. The smallest absolute Gasteiger partial charge is 0.455 e. The highest BCUT2D eigenvalue weighted by atomic mass is 79.9. The quantitative estimate of drug-likeness (QED) is 0.162. The van der Waals surface area contributed by atoms with Crippen molar-refractivity contribution in [3.8, 4) is 33.9 Å². The van der Waals surface area contributed by atoms with E-state index in [0.717, 1.165) is 86.7 Å². The van der Waals surface area contributed by atoms with Gasteiger partial charge in [-0.1, -0.05) is 249 Å². The largest absolute Gasteiger partial charge is 0.489 e. The first kappa shape index (κ1) is 66.8. The Morgan fingerprint density at radius 2 is 0.647 bits per heavy atom. The molecule has 0 aliphatic heterocycles. The third-order valence-corrected chi connectivity index (χ3v) is 26.8. The molecule has 0 saturated carbocycles. The van der Waals surface area contributed by atoms with Crippen LogP contribution in [0.2, 0.25) is 0 Å². The summed E-state index contributed by atoms with van der Waals surface area (Å²) in [5.74, 6) is 0. The summed E-state index contributed by atoms with van der Waals surface area (Å²) in [5.41, 5.74) is 20.6. The highest BCUT2D eigenvalue weighted by Crippen LogP contribution is 2.49. The molecule has 2 N–H and O–H groups in total. The average molecular weight is 1590 g/mol. The van der Waals surface area contributed by atoms with Crippen LogP contribution < -0.4 is 5.46 Å². The number of benzene rings is 18. The van der Waals surface area contributed by atoms with Gasteiger partial charge in [-0.15, -0.1) is 22.7 Å². The summed E-state index contributed by atoms with van der Waals surface area (Å²) >= 11 is 7.13. The lowest BCUT2D eigenvalue weighted by atomic mass is 9.80. The second-order valence-corrected chi connectivity index (χ2v) is 33.0. The maximum absolute atomic E-state index is 9.31. The minimum absolute atomic E-state index is 0.582. The third kappa shape index (κ3) is 10.1. The Labute approximate surface area is 678 Å². The summed E-state index contributed by atoms with van der Waals surface area (Å²) in [6.07, 6.45) is 0. The van der Waals surface area contributed by atoms with E-state index in [9.17, 15) is 10.0 Å². The zero-order chi connectivity index (χ0) is 76.5. The molecule has 116 heavy (non-hydrogen) atoms. The van der Waals surface area contributed by atoms with Crippen molar-refractivity contribution >= 4 is 244 Å². The molecule has 0 fully saturated rings. The van der Waals surface area contributed by atoms with Gasteiger partial charge < -0.3 is 37.2 Å². The van der Waals surface area contributed by atoms with E-state index in [1.165, 1.54) is 145 Å². The Balaban J connectivity index is 0.000000114. The topological polar surface area (TPSA) is 86.5 Å². The molecule has 8 nitrogen and oxygen atoms in total. The van der Waals surface area contributed by atoms with Gasteiger partial charge in [0.1, 0.15) is 22.3 Å². The van der Waals surface area contributed by atoms with E-state index in [0.29, 0.717) is 5.46 Å². The highest BCUT2D eigenvalue weighted by molar-refractivity contribution is 9.10. The summed E-state index contributed by atoms with van der Waals surface area (Å²) in [5, 5.41) is 42.8. The number of nitrogens with zero attached hydrogens (tertiary/aromatic N) is 4. The minimum Gasteiger partial charge on any atom is -0.455 e. The molecule has 0 aliphatic carbocycles. The van der Waals surface area contributed by atoms with Crippen molar-refractivity contribution in [1.29, 1.82) is 0 Å². The number of halogens is 1. The van der Waals surface area contributed by atoms with Crippen molar-refractivity contribution in [2.24, 2.45) is 0 Å². The molecule has 0 spiro atoms. The normalized spacial score (nSPS) is 12.1. The molecule has 0 atom stereocenters. The van der Waals surface area contributed by atoms with Gasteiger partial charge in [-0.2, -0.15) is 0 Å². The van der Waals surface area contributed by atoms with Crippen molar-refractivity contribution in [3.63, 3.8) is 0 Å². The summed E-state index contributed by atoms with van der Waals surface area (Å²) in [6, 6.07) is 130. The zero-order valence-electron chi connectivity index (χ0n) is 61.9. The first-order chi connectivity index (χ1) is 57.3. The Kier molecular flexibility index (Phi) is 15.0. The van der Waals surface area contributed by atoms with Crippen LogP contribution in [-0.4, -0.2) is 35.4 Å². The van der Waals surface area contributed by atoms with E-state index in [-0.39, 0.29) is 0 Å². The molecule has 8 heterocycles. The standard InChI is InChI=1S/C52H30N2OS.C40H23BrN2O.C12H9BO2S/c1-2-12-32-29-33(24-23-31(32)11-1)53-45-21-7-4-15-42(45)49-46(53)27-26-37-35-13-3-6-20-44(35)54(50(37)49)34-25-28-47-43(30-34)39-17-9-16-38(51(39)55-47)41-19-10-18-40-36-14-5-8-22-48(36)56-52(40)41;41-33-13-7-12-30-32-23-27(18-21-37(32)44-40(30)33)43-34-14-5-3-10-28(34)29-19-20-36-38(39(29)43)31-11-4-6-15-35(31)42(36)26-17-16-24-8-1-2-9-25(24)22-26;14-13(15)10-6-3-5-9-8-4-1-2-7-11(8)16-12(9)10/h1-30H;1-23H;1-7,14-15H. The molecule has 0 radical (unpaired) electrons. The Morgan fingerprint density at radius 1 is 0.259 bits per heavy atom. The van der Waals surface area contributed by atoms with E-state index in [1.54, 1.807) is 17.4 Å². The number of para-hydroxylation sites is 6. The average Bonchev–Trinajstić information content (AvgIpc) is 1.54. The molecule has 544 valence electrons. The van der Waals surface area contributed by atoms with Gasteiger partial charge in [0.25, 0.3) is 0 Å². The van der Waals surface area contributed by atoms with E-state index < -0.39 is 7.12 Å². The number of furan rings is 2. The van der Waals surface area contributed by atoms with Crippen molar-refractivity contribution in [2.45, 2.75) is 0 Å². The molecule has 0 aliphatic rings. The maximum atomic E-state index is 9.31. The lowest BCUT2D eigenvalue weighted by molar-refractivity contribution is 0.426. The van der Waals surface area contributed by atoms with Crippen LogP contribution in [-0.2, 0) is 0 Å². The van der Waals surface area contributed by atoms with Crippen molar-refractivity contribution in [2.75, 3.05) is 0 Å². The second kappa shape index (κ2) is 26.1. The van der Waals surface area contributed by atoms with Gasteiger partial charge in [-0.05, 0) is 164 Å². The SMILES string of the molecule is Brc1cccc2c1oc1ccc(-n3c4ccccc4c4ccc5c(c6ccccc6n5-c5ccc6ccccc6c5)c43)cc12.OB(O)c1cccc2c1sc1ccccc12.c1ccc2cc(-n3c4ccccc4c4c3ccc3c5ccccc5n(-c5ccc6oc7c(-c8cccc9c8sc8ccccc89)cccc7c6c5)c34)ccc2c1.